The molecule has 2 aromatic heterocycles. The molecule has 0 saturated heterocycles. The maximum absolute atomic E-state index is 6.62. The molecule has 0 fully saturated rings. The van der Waals surface area contributed by atoms with Crippen LogP contribution in [0, 0.1) is 0 Å². The van der Waals surface area contributed by atoms with Crippen LogP contribution in [0.5, 0.6) is 0 Å². The Morgan fingerprint density at radius 2 is 0.921 bits per heavy atom. The largest absolute Gasteiger partial charge is 0.455 e. The summed E-state index contributed by atoms with van der Waals surface area (Å²) in [7, 11) is 0. The van der Waals surface area contributed by atoms with Crippen LogP contribution in [0.25, 0.3) is 93.9 Å². The Labute approximate surface area is 366 Å². The summed E-state index contributed by atoms with van der Waals surface area (Å²) in [6, 6.07) is 87.3. The normalized spacial score (nSPS) is 11.5. The zero-order valence-corrected chi connectivity index (χ0v) is 34.4. The second kappa shape index (κ2) is 15.3. The fourth-order valence-electron chi connectivity index (χ4n) is 9.47. The summed E-state index contributed by atoms with van der Waals surface area (Å²) in [5.74, 6) is 0. The predicted molar refractivity (Wildman–Crippen MR) is 264 cm³/mol. The van der Waals surface area contributed by atoms with Crippen molar-refractivity contribution in [2.24, 2.45) is 0 Å². The molecule has 0 bridgehead atoms. The number of hydrogen-bond acceptors (Lipinski definition) is 2. The number of furan rings is 1. The molecule has 12 rings (SSSR count). The van der Waals surface area contributed by atoms with Gasteiger partial charge in [-0.05, 0) is 82.4 Å². The Kier molecular flexibility index (Phi) is 8.83. The maximum Gasteiger partial charge on any atom is 0.143 e. The SMILES string of the molecule is c1ccc(-c2ccc(-c3ccccc3)c(N(c3ccc4c5ccccc5n(-c5ccccc5)c4c3)c3ccc(-c4cccc5c4oc4ccccc45)cc3-c3ccccc3)c2)cc1. The summed E-state index contributed by atoms with van der Waals surface area (Å²) in [6.07, 6.45) is 0. The minimum absolute atomic E-state index is 0.890. The molecule has 0 radical (unpaired) electrons. The molecule has 3 heteroatoms. The van der Waals surface area contributed by atoms with E-state index in [-0.39, 0.29) is 0 Å². The summed E-state index contributed by atoms with van der Waals surface area (Å²) in [5.41, 5.74) is 17.4. The summed E-state index contributed by atoms with van der Waals surface area (Å²) in [6.45, 7) is 0. The van der Waals surface area contributed by atoms with Gasteiger partial charge < -0.3 is 13.9 Å². The van der Waals surface area contributed by atoms with Crippen molar-refractivity contribution in [3.05, 3.63) is 243 Å². The monoisotopic (exact) mass is 804 g/mol. The van der Waals surface area contributed by atoms with Gasteiger partial charge in [0.05, 0.1) is 22.4 Å². The van der Waals surface area contributed by atoms with Gasteiger partial charge in [0.25, 0.3) is 0 Å². The molecule has 3 nitrogen and oxygen atoms in total. The van der Waals surface area contributed by atoms with E-state index in [0.717, 1.165) is 94.7 Å². The Morgan fingerprint density at radius 1 is 0.317 bits per heavy atom. The van der Waals surface area contributed by atoms with Crippen molar-refractivity contribution in [2.45, 2.75) is 0 Å². The molecule has 63 heavy (non-hydrogen) atoms. The van der Waals surface area contributed by atoms with Crippen LogP contribution in [0.15, 0.2) is 247 Å². The van der Waals surface area contributed by atoms with Gasteiger partial charge in [-0.25, -0.2) is 0 Å². The van der Waals surface area contributed by atoms with Crippen molar-refractivity contribution in [3.8, 4) is 50.2 Å². The fraction of sp³-hybridized carbons (Fsp3) is 0. The molecule has 12 aromatic rings. The molecule has 0 N–H and O–H groups in total. The first-order valence-corrected chi connectivity index (χ1v) is 21.5. The molecule has 2 heterocycles. The molecular formula is C60H40N2O. The highest BCUT2D eigenvalue weighted by molar-refractivity contribution is 6.12. The van der Waals surface area contributed by atoms with Gasteiger partial charge in [0.15, 0.2) is 0 Å². The van der Waals surface area contributed by atoms with Gasteiger partial charge in [0, 0.05) is 49.6 Å². The van der Waals surface area contributed by atoms with E-state index in [1.807, 2.05) is 6.07 Å². The van der Waals surface area contributed by atoms with Crippen molar-refractivity contribution >= 4 is 60.8 Å². The number of aromatic nitrogens is 1. The topological polar surface area (TPSA) is 21.3 Å². The van der Waals surface area contributed by atoms with Crippen LogP contribution in [0.4, 0.5) is 17.1 Å². The van der Waals surface area contributed by atoms with E-state index < -0.39 is 0 Å². The van der Waals surface area contributed by atoms with Crippen molar-refractivity contribution in [2.75, 3.05) is 4.90 Å². The predicted octanol–water partition coefficient (Wildman–Crippen LogP) is 16.8. The second-order valence-corrected chi connectivity index (χ2v) is 16.1. The standard InChI is InChI=1S/C60H40N2O/c1-5-18-41(19-6-1)44-32-35-48(42-20-7-2-8-21-42)57(39-44)62(47-34-36-51-50-26-13-15-30-55(50)61(58(51)40-47)46-24-11-4-12-25-46)56-37-33-45(38-54(56)43-22-9-3-10-23-43)49-28-17-29-53-52-27-14-16-31-59(52)63-60(49)53/h1-40H. The highest BCUT2D eigenvalue weighted by atomic mass is 16.3. The molecule has 0 saturated carbocycles. The lowest BCUT2D eigenvalue weighted by Crippen LogP contribution is -2.13. The minimum atomic E-state index is 0.890. The van der Waals surface area contributed by atoms with Gasteiger partial charge in [-0.15, -0.1) is 0 Å². The first-order chi connectivity index (χ1) is 31.3. The fourth-order valence-corrected chi connectivity index (χ4v) is 9.47. The lowest BCUT2D eigenvalue weighted by Gasteiger charge is -2.31. The van der Waals surface area contributed by atoms with Crippen LogP contribution in [0.1, 0.15) is 0 Å². The zero-order valence-electron chi connectivity index (χ0n) is 34.4. The Hall–Kier alpha value is -8.40. The average molecular weight is 805 g/mol. The van der Waals surface area contributed by atoms with E-state index in [9.17, 15) is 0 Å². The number of anilines is 3. The van der Waals surface area contributed by atoms with Crippen LogP contribution in [0.3, 0.4) is 0 Å². The number of rotatable bonds is 8. The number of para-hydroxylation sites is 4. The third kappa shape index (κ3) is 6.29. The van der Waals surface area contributed by atoms with Crippen LogP contribution in [0.2, 0.25) is 0 Å². The Balaban J connectivity index is 1.17. The van der Waals surface area contributed by atoms with Gasteiger partial charge in [0.1, 0.15) is 11.2 Å². The van der Waals surface area contributed by atoms with E-state index in [1.54, 1.807) is 0 Å². The van der Waals surface area contributed by atoms with E-state index in [2.05, 4.69) is 246 Å². The van der Waals surface area contributed by atoms with Crippen molar-refractivity contribution in [1.82, 2.24) is 4.57 Å². The maximum atomic E-state index is 6.62. The molecule has 0 aliphatic heterocycles. The second-order valence-electron chi connectivity index (χ2n) is 16.1. The molecule has 296 valence electrons. The lowest BCUT2D eigenvalue weighted by molar-refractivity contribution is 0.670. The lowest BCUT2D eigenvalue weighted by atomic mass is 9.93. The Morgan fingerprint density at radius 3 is 1.68 bits per heavy atom. The van der Waals surface area contributed by atoms with Gasteiger partial charge in [-0.3, -0.25) is 0 Å². The molecule has 0 amide bonds. The molecule has 10 aromatic carbocycles. The van der Waals surface area contributed by atoms with E-state index in [4.69, 9.17) is 4.42 Å². The summed E-state index contributed by atoms with van der Waals surface area (Å²) < 4.78 is 9.02. The van der Waals surface area contributed by atoms with E-state index >= 15 is 0 Å². The summed E-state index contributed by atoms with van der Waals surface area (Å²) >= 11 is 0. The molecule has 0 spiro atoms. The van der Waals surface area contributed by atoms with Gasteiger partial charge >= 0.3 is 0 Å². The van der Waals surface area contributed by atoms with Gasteiger partial charge in [-0.2, -0.15) is 0 Å². The first-order valence-electron chi connectivity index (χ1n) is 21.5. The quantitative estimate of drug-likeness (QED) is 0.153. The molecule has 0 atom stereocenters. The highest BCUT2D eigenvalue weighted by Crippen LogP contribution is 2.49. The Bertz CT molecular complexity index is 3610. The van der Waals surface area contributed by atoms with Crippen LogP contribution < -0.4 is 4.90 Å². The molecule has 0 aliphatic carbocycles. The summed E-state index contributed by atoms with van der Waals surface area (Å²) in [4.78, 5) is 2.48. The minimum Gasteiger partial charge on any atom is -0.455 e. The van der Waals surface area contributed by atoms with Crippen molar-refractivity contribution in [1.29, 1.82) is 0 Å². The summed E-state index contributed by atoms with van der Waals surface area (Å²) in [5, 5.41) is 4.66. The van der Waals surface area contributed by atoms with Gasteiger partial charge in [0.2, 0.25) is 0 Å². The number of nitrogens with zero attached hydrogens (tertiary/aromatic N) is 2. The van der Waals surface area contributed by atoms with Crippen molar-refractivity contribution < 1.29 is 4.42 Å². The third-order valence-electron chi connectivity index (χ3n) is 12.4. The van der Waals surface area contributed by atoms with Crippen molar-refractivity contribution in [3.63, 3.8) is 0 Å². The third-order valence-corrected chi connectivity index (χ3v) is 12.4. The van der Waals surface area contributed by atoms with Gasteiger partial charge in [-0.1, -0.05) is 188 Å². The van der Waals surface area contributed by atoms with Crippen LogP contribution in [-0.4, -0.2) is 4.57 Å². The number of hydrogen-bond donors (Lipinski definition) is 0. The number of benzene rings is 10. The van der Waals surface area contributed by atoms with Crippen LogP contribution >= 0.6 is 0 Å². The van der Waals surface area contributed by atoms with Crippen LogP contribution in [-0.2, 0) is 0 Å². The molecular weight excluding hydrogens is 765 g/mol. The smallest absolute Gasteiger partial charge is 0.143 e. The highest BCUT2D eigenvalue weighted by Gasteiger charge is 2.24. The zero-order chi connectivity index (χ0) is 41.7. The first kappa shape index (κ1) is 36.5. The van der Waals surface area contributed by atoms with E-state index in [0.29, 0.717) is 0 Å². The van der Waals surface area contributed by atoms with E-state index in [1.165, 1.54) is 16.3 Å². The average Bonchev–Trinajstić information content (AvgIpc) is 3.91. The molecule has 0 unspecified atom stereocenters. The molecule has 0 aliphatic rings. The number of fused-ring (bicyclic) bond motifs is 6.